The lowest BCUT2D eigenvalue weighted by Gasteiger charge is -2.38. The highest BCUT2D eigenvalue weighted by molar-refractivity contribution is 6.48. The van der Waals surface area contributed by atoms with Crippen molar-refractivity contribution < 1.29 is 9.22 Å². The minimum atomic E-state index is -1.11. The molecule has 1 saturated carbocycles. The van der Waals surface area contributed by atoms with E-state index in [9.17, 15) is 4.79 Å². The SMILES string of the molecule is C=C(C1CCC(C)C(=O)C1)C(O[SiH](C)C)C(C)(C)C. The van der Waals surface area contributed by atoms with Crippen LogP contribution in [0.1, 0.15) is 47.0 Å². The van der Waals surface area contributed by atoms with Crippen LogP contribution in [-0.2, 0) is 9.22 Å². The monoisotopic (exact) mass is 282 g/mol. The summed E-state index contributed by atoms with van der Waals surface area (Å²) >= 11 is 0. The van der Waals surface area contributed by atoms with Gasteiger partial charge in [0.2, 0.25) is 0 Å². The average Bonchev–Trinajstić information content (AvgIpc) is 2.27. The topological polar surface area (TPSA) is 26.3 Å². The highest BCUT2D eigenvalue weighted by atomic mass is 28.3. The maximum absolute atomic E-state index is 11.9. The lowest BCUT2D eigenvalue weighted by atomic mass is 9.73. The van der Waals surface area contributed by atoms with Crippen LogP contribution in [0.25, 0.3) is 0 Å². The molecule has 1 aliphatic carbocycles. The van der Waals surface area contributed by atoms with Gasteiger partial charge >= 0.3 is 0 Å². The smallest absolute Gasteiger partial charge is 0.171 e. The standard InChI is InChI=1S/C16H30O2Si/c1-11-8-9-13(10-14(11)17)12(2)15(16(3,4)5)18-19(6)7/h11,13,15,19H,2,8-10H2,1,3-7H3. The van der Waals surface area contributed by atoms with Gasteiger partial charge in [-0.25, -0.2) is 0 Å². The molecule has 19 heavy (non-hydrogen) atoms. The van der Waals surface area contributed by atoms with E-state index in [4.69, 9.17) is 4.43 Å². The molecule has 1 aliphatic rings. The lowest BCUT2D eigenvalue weighted by Crippen LogP contribution is -2.38. The Labute approximate surface area is 120 Å². The Bertz CT molecular complexity index is 341. The molecule has 1 rings (SSSR count). The van der Waals surface area contributed by atoms with Crippen molar-refractivity contribution in [3.05, 3.63) is 12.2 Å². The summed E-state index contributed by atoms with van der Waals surface area (Å²) in [6.07, 6.45) is 2.83. The molecule has 0 aromatic heterocycles. The number of carbonyl (C=O) groups excluding carboxylic acids is 1. The van der Waals surface area contributed by atoms with Gasteiger partial charge in [-0.15, -0.1) is 0 Å². The quantitative estimate of drug-likeness (QED) is 0.576. The maximum Gasteiger partial charge on any atom is 0.171 e. The van der Waals surface area contributed by atoms with Gasteiger partial charge in [0.05, 0.1) is 6.10 Å². The van der Waals surface area contributed by atoms with Crippen LogP contribution in [0.4, 0.5) is 0 Å². The average molecular weight is 282 g/mol. The molecule has 0 spiro atoms. The highest BCUT2D eigenvalue weighted by Crippen LogP contribution is 2.37. The molecule has 0 aromatic rings. The summed E-state index contributed by atoms with van der Waals surface area (Å²) in [5.74, 6) is 0.949. The fraction of sp³-hybridized carbons (Fsp3) is 0.812. The molecule has 0 bridgehead atoms. The predicted octanol–water partition coefficient (Wildman–Crippen LogP) is 3.96. The van der Waals surface area contributed by atoms with Crippen LogP contribution in [0.3, 0.4) is 0 Å². The summed E-state index contributed by atoms with van der Waals surface area (Å²) in [5, 5.41) is 0. The molecule has 2 nitrogen and oxygen atoms in total. The first-order valence-corrected chi connectivity index (χ1v) is 10.3. The Morgan fingerprint density at radius 1 is 1.37 bits per heavy atom. The lowest BCUT2D eigenvalue weighted by molar-refractivity contribution is -0.125. The van der Waals surface area contributed by atoms with E-state index in [1.54, 1.807) is 0 Å². The van der Waals surface area contributed by atoms with Crippen LogP contribution in [0.15, 0.2) is 12.2 Å². The Kier molecular flexibility index (Phi) is 5.57. The Morgan fingerprint density at radius 2 is 1.95 bits per heavy atom. The van der Waals surface area contributed by atoms with Crippen molar-refractivity contribution >= 4 is 14.8 Å². The second-order valence-corrected chi connectivity index (χ2v) is 9.72. The fourth-order valence-corrected chi connectivity index (χ4v) is 3.94. The molecular formula is C16H30O2Si. The van der Waals surface area contributed by atoms with Crippen LogP contribution in [-0.4, -0.2) is 20.9 Å². The van der Waals surface area contributed by atoms with E-state index in [1.807, 2.05) is 6.92 Å². The van der Waals surface area contributed by atoms with Crippen LogP contribution >= 0.6 is 0 Å². The Morgan fingerprint density at radius 3 is 2.37 bits per heavy atom. The fourth-order valence-electron chi connectivity index (χ4n) is 2.81. The van der Waals surface area contributed by atoms with E-state index in [0.29, 0.717) is 18.1 Å². The molecule has 0 saturated heterocycles. The number of Topliss-reactive ketones (excluding diaryl/α,β-unsaturated/α-hetero) is 1. The molecule has 3 atom stereocenters. The zero-order valence-corrected chi connectivity index (χ0v) is 14.6. The minimum absolute atomic E-state index is 0.0560. The van der Waals surface area contributed by atoms with Crippen molar-refractivity contribution in [2.24, 2.45) is 17.3 Å². The van der Waals surface area contributed by atoms with Crippen molar-refractivity contribution in [1.82, 2.24) is 0 Å². The van der Waals surface area contributed by atoms with Gasteiger partial charge in [-0.1, -0.05) is 34.3 Å². The summed E-state index contributed by atoms with van der Waals surface area (Å²) in [4.78, 5) is 11.9. The first-order chi connectivity index (χ1) is 8.62. The van der Waals surface area contributed by atoms with Gasteiger partial charge in [0.25, 0.3) is 0 Å². The number of hydrogen-bond donors (Lipinski definition) is 0. The third-order valence-corrected chi connectivity index (χ3v) is 4.82. The zero-order valence-electron chi connectivity index (χ0n) is 13.5. The predicted molar refractivity (Wildman–Crippen MR) is 83.9 cm³/mol. The van der Waals surface area contributed by atoms with Crippen LogP contribution < -0.4 is 0 Å². The Balaban J connectivity index is 2.80. The normalized spacial score (nSPS) is 26.6. The van der Waals surface area contributed by atoms with Gasteiger partial charge in [0.1, 0.15) is 5.78 Å². The van der Waals surface area contributed by atoms with Crippen molar-refractivity contribution in [1.29, 1.82) is 0 Å². The number of ketones is 1. The Hall–Kier alpha value is -0.413. The van der Waals surface area contributed by atoms with Gasteiger partial charge in [0.15, 0.2) is 9.04 Å². The molecule has 3 heteroatoms. The van der Waals surface area contributed by atoms with E-state index < -0.39 is 9.04 Å². The second kappa shape index (κ2) is 6.36. The van der Waals surface area contributed by atoms with Crippen LogP contribution in [0.5, 0.6) is 0 Å². The van der Waals surface area contributed by atoms with E-state index >= 15 is 0 Å². The molecule has 0 N–H and O–H groups in total. The highest BCUT2D eigenvalue weighted by Gasteiger charge is 2.35. The van der Waals surface area contributed by atoms with Gasteiger partial charge in [-0.3, -0.25) is 4.79 Å². The van der Waals surface area contributed by atoms with Gasteiger partial charge in [-0.05, 0) is 42.8 Å². The summed E-state index contributed by atoms with van der Waals surface area (Å²) in [6.45, 7) is 17.3. The number of carbonyl (C=O) groups is 1. The first kappa shape index (κ1) is 16.6. The van der Waals surface area contributed by atoms with Crippen molar-refractivity contribution in [3.8, 4) is 0 Å². The van der Waals surface area contributed by atoms with Crippen LogP contribution in [0.2, 0.25) is 13.1 Å². The molecule has 0 amide bonds. The van der Waals surface area contributed by atoms with E-state index in [1.165, 1.54) is 0 Å². The molecule has 0 aliphatic heterocycles. The van der Waals surface area contributed by atoms with Gasteiger partial charge in [-0.2, -0.15) is 0 Å². The van der Waals surface area contributed by atoms with Gasteiger partial charge < -0.3 is 4.43 Å². The molecule has 0 radical (unpaired) electrons. The largest absolute Gasteiger partial charge is 0.413 e. The summed E-state index contributed by atoms with van der Waals surface area (Å²) in [7, 11) is -1.11. The van der Waals surface area contributed by atoms with E-state index in [2.05, 4.69) is 40.4 Å². The second-order valence-electron chi connectivity index (χ2n) is 7.35. The molecule has 0 heterocycles. The van der Waals surface area contributed by atoms with Crippen molar-refractivity contribution in [3.63, 3.8) is 0 Å². The molecule has 110 valence electrons. The van der Waals surface area contributed by atoms with Crippen molar-refractivity contribution in [2.75, 3.05) is 0 Å². The summed E-state index contributed by atoms with van der Waals surface area (Å²) in [6, 6.07) is 0. The first-order valence-electron chi connectivity index (χ1n) is 7.49. The van der Waals surface area contributed by atoms with Crippen molar-refractivity contribution in [2.45, 2.75) is 66.2 Å². The number of rotatable bonds is 4. The summed E-state index contributed by atoms with van der Waals surface area (Å²) < 4.78 is 6.22. The van der Waals surface area contributed by atoms with Gasteiger partial charge in [0, 0.05) is 12.3 Å². The molecular weight excluding hydrogens is 252 g/mol. The maximum atomic E-state index is 11.9. The van der Waals surface area contributed by atoms with Crippen LogP contribution in [0, 0.1) is 17.3 Å². The zero-order chi connectivity index (χ0) is 14.8. The van der Waals surface area contributed by atoms with E-state index in [0.717, 1.165) is 18.4 Å². The molecule has 0 aromatic carbocycles. The third-order valence-electron chi connectivity index (χ3n) is 4.00. The summed E-state index contributed by atoms with van der Waals surface area (Å²) in [5.41, 5.74) is 1.20. The molecule has 3 unspecified atom stereocenters. The molecule has 1 fully saturated rings. The third kappa shape index (κ3) is 4.57. The van der Waals surface area contributed by atoms with E-state index in [-0.39, 0.29) is 17.4 Å². The number of hydrogen-bond acceptors (Lipinski definition) is 2. The minimum Gasteiger partial charge on any atom is -0.413 e.